The predicted molar refractivity (Wildman–Crippen MR) is 85.7 cm³/mol. The van der Waals surface area contributed by atoms with Crippen LogP contribution >= 0.6 is 0 Å². The third kappa shape index (κ3) is 2.44. The first kappa shape index (κ1) is 13.1. The molecule has 1 aromatic heterocycles. The summed E-state index contributed by atoms with van der Waals surface area (Å²) in [6.45, 7) is 2.06. The van der Waals surface area contributed by atoms with Gasteiger partial charge in [0, 0.05) is 18.1 Å². The van der Waals surface area contributed by atoms with E-state index in [0.29, 0.717) is 5.56 Å². The SMILES string of the molecule is Cc1cccc(N(C)c2cc(C#N)c3ccccc3n2)c1. The van der Waals surface area contributed by atoms with E-state index in [1.54, 1.807) is 0 Å². The molecule has 0 N–H and O–H groups in total. The summed E-state index contributed by atoms with van der Waals surface area (Å²) in [4.78, 5) is 6.66. The third-order valence-corrected chi connectivity index (χ3v) is 3.56. The molecule has 1 heterocycles. The molecule has 3 aromatic rings. The standard InChI is InChI=1S/C18H15N3/c1-13-6-5-7-15(10-13)21(2)18-11-14(12-19)16-8-3-4-9-17(16)20-18/h3-11H,1-2H3. The summed E-state index contributed by atoms with van der Waals surface area (Å²) in [5.41, 5.74) is 3.74. The molecule has 0 unspecified atom stereocenters. The Bertz CT molecular complexity index is 846. The van der Waals surface area contributed by atoms with Crippen LogP contribution in [0.1, 0.15) is 11.1 Å². The summed E-state index contributed by atoms with van der Waals surface area (Å²) in [6.07, 6.45) is 0. The number of hydrogen-bond donors (Lipinski definition) is 0. The highest BCUT2D eigenvalue weighted by Crippen LogP contribution is 2.27. The molecule has 0 aliphatic rings. The Morgan fingerprint density at radius 3 is 2.62 bits per heavy atom. The second-order valence-electron chi connectivity index (χ2n) is 5.05. The minimum Gasteiger partial charge on any atom is -0.329 e. The van der Waals surface area contributed by atoms with Gasteiger partial charge in [-0.2, -0.15) is 5.26 Å². The number of pyridine rings is 1. The van der Waals surface area contributed by atoms with Crippen molar-refractivity contribution in [2.24, 2.45) is 0 Å². The van der Waals surface area contributed by atoms with Crippen LogP contribution in [0.4, 0.5) is 11.5 Å². The Morgan fingerprint density at radius 2 is 1.86 bits per heavy atom. The zero-order chi connectivity index (χ0) is 14.8. The normalized spacial score (nSPS) is 10.3. The van der Waals surface area contributed by atoms with Crippen LogP contribution in [0.15, 0.2) is 54.6 Å². The quantitative estimate of drug-likeness (QED) is 0.703. The number of hydrogen-bond acceptors (Lipinski definition) is 3. The molecule has 0 atom stereocenters. The number of nitriles is 1. The highest BCUT2D eigenvalue weighted by Gasteiger charge is 2.10. The first-order valence-corrected chi connectivity index (χ1v) is 6.79. The summed E-state index contributed by atoms with van der Waals surface area (Å²) < 4.78 is 0. The Morgan fingerprint density at radius 1 is 1.05 bits per heavy atom. The van der Waals surface area contributed by atoms with Crippen molar-refractivity contribution in [1.29, 1.82) is 5.26 Å². The average Bonchev–Trinajstić information content (AvgIpc) is 2.53. The van der Waals surface area contributed by atoms with E-state index < -0.39 is 0 Å². The number of anilines is 2. The Balaban J connectivity index is 2.14. The van der Waals surface area contributed by atoms with Crippen molar-refractivity contribution in [1.82, 2.24) is 4.98 Å². The van der Waals surface area contributed by atoms with Gasteiger partial charge in [-0.1, -0.05) is 30.3 Å². The summed E-state index contributed by atoms with van der Waals surface area (Å²) in [6, 6.07) is 20.0. The highest BCUT2D eigenvalue weighted by molar-refractivity contribution is 5.87. The molecule has 0 bridgehead atoms. The van der Waals surface area contributed by atoms with Crippen molar-refractivity contribution < 1.29 is 0 Å². The van der Waals surface area contributed by atoms with E-state index in [1.165, 1.54) is 5.56 Å². The number of rotatable bonds is 2. The minimum absolute atomic E-state index is 0.648. The largest absolute Gasteiger partial charge is 0.329 e. The van der Waals surface area contributed by atoms with Crippen molar-refractivity contribution in [3.05, 3.63) is 65.7 Å². The number of para-hydroxylation sites is 1. The smallest absolute Gasteiger partial charge is 0.134 e. The number of benzene rings is 2. The van der Waals surface area contributed by atoms with Gasteiger partial charge in [0.15, 0.2) is 0 Å². The lowest BCUT2D eigenvalue weighted by molar-refractivity contribution is 1.14. The van der Waals surface area contributed by atoms with Gasteiger partial charge >= 0.3 is 0 Å². The van der Waals surface area contributed by atoms with Crippen LogP contribution in [0.2, 0.25) is 0 Å². The molecular weight excluding hydrogens is 258 g/mol. The maximum absolute atomic E-state index is 9.36. The van der Waals surface area contributed by atoms with E-state index in [-0.39, 0.29) is 0 Å². The molecule has 3 heteroatoms. The fourth-order valence-corrected chi connectivity index (χ4v) is 2.39. The average molecular weight is 273 g/mol. The van der Waals surface area contributed by atoms with E-state index in [0.717, 1.165) is 22.4 Å². The monoisotopic (exact) mass is 273 g/mol. The molecule has 0 spiro atoms. The fraction of sp³-hybridized carbons (Fsp3) is 0.111. The molecule has 2 aromatic carbocycles. The first-order valence-electron chi connectivity index (χ1n) is 6.79. The molecule has 0 saturated heterocycles. The lowest BCUT2D eigenvalue weighted by Crippen LogP contribution is -2.11. The predicted octanol–water partition coefficient (Wildman–Crippen LogP) is 4.18. The Labute approximate surface area is 124 Å². The Hall–Kier alpha value is -2.86. The first-order chi connectivity index (χ1) is 10.2. The van der Waals surface area contributed by atoms with Gasteiger partial charge in [-0.25, -0.2) is 4.98 Å². The molecule has 3 nitrogen and oxygen atoms in total. The van der Waals surface area contributed by atoms with Crippen molar-refractivity contribution >= 4 is 22.4 Å². The van der Waals surface area contributed by atoms with Crippen LogP contribution in [0.5, 0.6) is 0 Å². The lowest BCUT2D eigenvalue weighted by Gasteiger charge is -2.19. The van der Waals surface area contributed by atoms with E-state index in [4.69, 9.17) is 0 Å². The maximum atomic E-state index is 9.36. The van der Waals surface area contributed by atoms with Crippen LogP contribution in [0, 0.1) is 18.3 Å². The molecule has 0 aliphatic carbocycles. The van der Waals surface area contributed by atoms with Gasteiger partial charge < -0.3 is 4.90 Å². The third-order valence-electron chi connectivity index (χ3n) is 3.56. The topological polar surface area (TPSA) is 39.9 Å². The van der Waals surface area contributed by atoms with Crippen LogP contribution in [-0.4, -0.2) is 12.0 Å². The van der Waals surface area contributed by atoms with Crippen LogP contribution in [0.25, 0.3) is 10.9 Å². The van der Waals surface area contributed by atoms with Crippen LogP contribution < -0.4 is 4.90 Å². The Kier molecular flexibility index (Phi) is 3.29. The van der Waals surface area contributed by atoms with Gasteiger partial charge in [0.25, 0.3) is 0 Å². The van der Waals surface area contributed by atoms with Gasteiger partial charge in [-0.15, -0.1) is 0 Å². The summed E-state index contributed by atoms with van der Waals surface area (Å²) in [5.74, 6) is 0.774. The summed E-state index contributed by atoms with van der Waals surface area (Å²) in [5, 5.41) is 10.3. The molecule has 0 radical (unpaired) electrons. The van der Waals surface area contributed by atoms with Gasteiger partial charge in [-0.05, 0) is 36.8 Å². The molecule has 0 fully saturated rings. The minimum atomic E-state index is 0.648. The van der Waals surface area contributed by atoms with E-state index >= 15 is 0 Å². The van der Waals surface area contributed by atoms with E-state index in [9.17, 15) is 5.26 Å². The maximum Gasteiger partial charge on any atom is 0.134 e. The number of nitrogens with zero attached hydrogens (tertiary/aromatic N) is 3. The molecule has 0 amide bonds. The van der Waals surface area contributed by atoms with Crippen molar-refractivity contribution in [3.63, 3.8) is 0 Å². The second kappa shape index (κ2) is 5.26. The zero-order valence-electron chi connectivity index (χ0n) is 12.0. The summed E-state index contributed by atoms with van der Waals surface area (Å²) in [7, 11) is 1.97. The zero-order valence-corrected chi connectivity index (χ0v) is 12.0. The van der Waals surface area contributed by atoms with Gasteiger partial charge in [0.1, 0.15) is 5.82 Å². The molecule has 21 heavy (non-hydrogen) atoms. The number of aromatic nitrogens is 1. The van der Waals surface area contributed by atoms with Crippen LogP contribution in [-0.2, 0) is 0 Å². The molecular formula is C18H15N3. The fourth-order valence-electron chi connectivity index (χ4n) is 2.39. The van der Waals surface area contributed by atoms with Gasteiger partial charge in [0.2, 0.25) is 0 Å². The molecule has 102 valence electrons. The van der Waals surface area contributed by atoms with E-state index in [1.807, 2.05) is 54.4 Å². The van der Waals surface area contributed by atoms with Gasteiger partial charge in [-0.3, -0.25) is 0 Å². The van der Waals surface area contributed by atoms with Crippen molar-refractivity contribution in [2.45, 2.75) is 6.92 Å². The molecule has 0 saturated carbocycles. The molecule has 0 aliphatic heterocycles. The van der Waals surface area contributed by atoms with Crippen molar-refractivity contribution in [2.75, 3.05) is 11.9 Å². The van der Waals surface area contributed by atoms with E-state index in [2.05, 4.69) is 30.1 Å². The second-order valence-corrected chi connectivity index (χ2v) is 5.05. The van der Waals surface area contributed by atoms with Crippen molar-refractivity contribution in [3.8, 4) is 6.07 Å². The number of fused-ring (bicyclic) bond motifs is 1. The highest BCUT2D eigenvalue weighted by atomic mass is 15.2. The molecule has 3 rings (SSSR count). The summed E-state index contributed by atoms with van der Waals surface area (Å²) >= 11 is 0. The van der Waals surface area contributed by atoms with Gasteiger partial charge in [0.05, 0.1) is 17.1 Å². The number of aryl methyl sites for hydroxylation is 1. The lowest BCUT2D eigenvalue weighted by atomic mass is 10.1. The van der Waals surface area contributed by atoms with Crippen LogP contribution in [0.3, 0.4) is 0 Å².